The Labute approximate surface area is 134 Å². The number of benzene rings is 1. The van der Waals surface area contributed by atoms with E-state index in [9.17, 15) is 4.79 Å². The molecule has 0 bridgehead atoms. The molecule has 1 fully saturated rings. The standard InChI is InChI=1S/C17H16N4O2/c18-11-13-4-6-14(7-5-13)16(22)21-10-1-3-15(12-21)23-17-19-8-2-9-20-17/h2,4-9,15H,1,3,10,12H2. The summed E-state index contributed by atoms with van der Waals surface area (Å²) in [6, 6.07) is 10.8. The SMILES string of the molecule is N#Cc1ccc(C(=O)N2CCCC(Oc3ncccn3)C2)cc1. The smallest absolute Gasteiger partial charge is 0.316 e. The molecule has 6 nitrogen and oxygen atoms in total. The van der Waals surface area contributed by atoms with Crippen molar-refractivity contribution in [2.45, 2.75) is 18.9 Å². The fourth-order valence-electron chi connectivity index (χ4n) is 2.58. The molecular formula is C17H16N4O2. The van der Waals surface area contributed by atoms with Gasteiger partial charge in [-0.2, -0.15) is 5.26 Å². The third-order valence-electron chi connectivity index (χ3n) is 3.74. The summed E-state index contributed by atoms with van der Waals surface area (Å²) in [5.74, 6) is -0.0447. The van der Waals surface area contributed by atoms with Crippen LogP contribution < -0.4 is 4.74 Å². The van der Waals surface area contributed by atoms with Gasteiger partial charge in [0.15, 0.2) is 0 Å². The van der Waals surface area contributed by atoms with Crippen molar-refractivity contribution in [2.75, 3.05) is 13.1 Å². The Bertz CT molecular complexity index is 710. The third kappa shape index (κ3) is 3.64. The Morgan fingerprint density at radius 1 is 1.26 bits per heavy atom. The van der Waals surface area contributed by atoms with Crippen molar-refractivity contribution in [2.24, 2.45) is 0 Å². The highest BCUT2D eigenvalue weighted by molar-refractivity contribution is 5.94. The average Bonchev–Trinajstić information content (AvgIpc) is 2.62. The van der Waals surface area contributed by atoms with Gasteiger partial charge in [-0.3, -0.25) is 4.79 Å². The normalized spacial score (nSPS) is 17.3. The van der Waals surface area contributed by atoms with Crippen LogP contribution in [0, 0.1) is 11.3 Å². The number of hydrogen-bond acceptors (Lipinski definition) is 5. The monoisotopic (exact) mass is 308 g/mol. The molecule has 116 valence electrons. The van der Waals surface area contributed by atoms with E-state index in [1.165, 1.54) is 0 Å². The summed E-state index contributed by atoms with van der Waals surface area (Å²) in [5.41, 5.74) is 1.13. The predicted molar refractivity (Wildman–Crippen MR) is 82.7 cm³/mol. The van der Waals surface area contributed by atoms with Crippen LogP contribution in [0.25, 0.3) is 0 Å². The maximum atomic E-state index is 12.6. The molecule has 1 aliphatic heterocycles. The number of rotatable bonds is 3. The van der Waals surface area contributed by atoms with Gasteiger partial charge in [0.05, 0.1) is 18.2 Å². The van der Waals surface area contributed by atoms with Crippen LogP contribution in [0.5, 0.6) is 6.01 Å². The van der Waals surface area contributed by atoms with Crippen molar-refractivity contribution >= 4 is 5.91 Å². The summed E-state index contributed by atoms with van der Waals surface area (Å²) in [6.07, 6.45) is 4.90. The van der Waals surface area contributed by atoms with E-state index in [-0.39, 0.29) is 12.0 Å². The first-order valence-electron chi connectivity index (χ1n) is 7.49. The van der Waals surface area contributed by atoms with Gasteiger partial charge in [-0.1, -0.05) is 0 Å². The van der Waals surface area contributed by atoms with Crippen LogP contribution in [-0.4, -0.2) is 40.0 Å². The van der Waals surface area contributed by atoms with Crippen LogP contribution >= 0.6 is 0 Å². The number of ether oxygens (including phenoxy) is 1. The lowest BCUT2D eigenvalue weighted by Crippen LogP contribution is -2.44. The molecule has 1 amide bonds. The van der Waals surface area contributed by atoms with E-state index in [1.54, 1.807) is 47.6 Å². The number of aromatic nitrogens is 2. The minimum atomic E-state index is -0.103. The van der Waals surface area contributed by atoms with Gasteiger partial charge in [0.1, 0.15) is 6.10 Å². The van der Waals surface area contributed by atoms with Crippen molar-refractivity contribution in [1.29, 1.82) is 5.26 Å². The molecule has 23 heavy (non-hydrogen) atoms. The molecule has 0 spiro atoms. The van der Waals surface area contributed by atoms with Crippen molar-refractivity contribution in [3.8, 4) is 12.1 Å². The van der Waals surface area contributed by atoms with E-state index in [0.717, 1.165) is 12.8 Å². The van der Waals surface area contributed by atoms with Gasteiger partial charge < -0.3 is 9.64 Å². The van der Waals surface area contributed by atoms with Crippen LogP contribution in [0.3, 0.4) is 0 Å². The van der Waals surface area contributed by atoms with Gasteiger partial charge in [-0.25, -0.2) is 9.97 Å². The molecule has 2 aromatic rings. The first-order chi connectivity index (χ1) is 11.3. The Hall–Kier alpha value is -2.94. The lowest BCUT2D eigenvalue weighted by molar-refractivity contribution is 0.0516. The summed E-state index contributed by atoms with van der Waals surface area (Å²) in [4.78, 5) is 22.4. The number of likely N-dealkylation sites (tertiary alicyclic amines) is 1. The lowest BCUT2D eigenvalue weighted by Gasteiger charge is -2.32. The molecule has 1 aromatic heterocycles. The van der Waals surface area contributed by atoms with Crippen molar-refractivity contribution in [3.05, 3.63) is 53.9 Å². The number of amides is 1. The summed E-state index contributed by atoms with van der Waals surface area (Å²) >= 11 is 0. The van der Waals surface area contributed by atoms with Gasteiger partial charge in [0.2, 0.25) is 0 Å². The van der Waals surface area contributed by atoms with Gasteiger partial charge in [-0.05, 0) is 43.2 Å². The minimum Gasteiger partial charge on any atom is -0.458 e. The zero-order chi connectivity index (χ0) is 16.1. The Morgan fingerprint density at radius 3 is 2.70 bits per heavy atom. The number of hydrogen-bond donors (Lipinski definition) is 0. The molecule has 1 atom stereocenters. The van der Waals surface area contributed by atoms with Crippen molar-refractivity contribution in [3.63, 3.8) is 0 Å². The van der Waals surface area contributed by atoms with Crippen molar-refractivity contribution in [1.82, 2.24) is 14.9 Å². The van der Waals surface area contributed by atoms with E-state index in [2.05, 4.69) is 9.97 Å². The van der Waals surface area contributed by atoms with E-state index < -0.39 is 0 Å². The summed E-state index contributed by atoms with van der Waals surface area (Å²) < 4.78 is 5.75. The molecule has 0 radical (unpaired) electrons. The maximum Gasteiger partial charge on any atom is 0.316 e. The van der Waals surface area contributed by atoms with E-state index in [0.29, 0.717) is 30.2 Å². The summed E-state index contributed by atoms with van der Waals surface area (Å²) in [7, 11) is 0. The summed E-state index contributed by atoms with van der Waals surface area (Å²) in [5, 5.41) is 8.82. The number of carbonyl (C=O) groups is 1. The van der Waals surface area contributed by atoms with Crippen LogP contribution in [0.2, 0.25) is 0 Å². The molecule has 3 rings (SSSR count). The van der Waals surface area contributed by atoms with Gasteiger partial charge >= 0.3 is 6.01 Å². The molecule has 0 aliphatic carbocycles. The second-order valence-electron chi connectivity index (χ2n) is 5.35. The van der Waals surface area contributed by atoms with E-state index in [4.69, 9.17) is 10.00 Å². The molecule has 0 N–H and O–H groups in total. The van der Waals surface area contributed by atoms with Crippen molar-refractivity contribution < 1.29 is 9.53 Å². The topological polar surface area (TPSA) is 79.1 Å². The molecule has 0 saturated carbocycles. The van der Waals surface area contributed by atoms with Gasteiger partial charge in [-0.15, -0.1) is 0 Å². The number of piperidine rings is 1. The van der Waals surface area contributed by atoms with Crippen LogP contribution in [0.15, 0.2) is 42.7 Å². The molecule has 1 aliphatic rings. The number of nitriles is 1. The lowest BCUT2D eigenvalue weighted by atomic mass is 10.1. The quantitative estimate of drug-likeness (QED) is 0.867. The Balaban J connectivity index is 1.65. The van der Waals surface area contributed by atoms with Gasteiger partial charge in [0.25, 0.3) is 5.91 Å². The number of carbonyl (C=O) groups excluding carboxylic acids is 1. The highest BCUT2D eigenvalue weighted by Crippen LogP contribution is 2.17. The fraction of sp³-hybridized carbons (Fsp3) is 0.294. The molecule has 1 unspecified atom stereocenters. The third-order valence-corrected chi connectivity index (χ3v) is 3.74. The van der Waals surface area contributed by atoms with E-state index in [1.807, 2.05) is 6.07 Å². The zero-order valence-electron chi connectivity index (χ0n) is 12.6. The maximum absolute atomic E-state index is 12.6. The van der Waals surface area contributed by atoms with E-state index >= 15 is 0 Å². The second-order valence-corrected chi connectivity index (χ2v) is 5.35. The highest BCUT2D eigenvalue weighted by Gasteiger charge is 2.26. The Kier molecular flexibility index (Phi) is 4.48. The first-order valence-corrected chi connectivity index (χ1v) is 7.49. The van der Waals surface area contributed by atoms with Gasteiger partial charge in [0, 0.05) is 24.5 Å². The zero-order valence-corrected chi connectivity index (χ0v) is 12.6. The first kappa shape index (κ1) is 15.0. The molecule has 1 saturated heterocycles. The largest absolute Gasteiger partial charge is 0.458 e. The Morgan fingerprint density at radius 2 is 2.00 bits per heavy atom. The predicted octanol–water partition coefficient (Wildman–Crippen LogP) is 2.03. The van der Waals surface area contributed by atoms with Crippen LogP contribution in [0.4, 0.5) is 0 Å². The second kappa shape index (κ2) is 6.88. The minimum absolute atomic E-state index is 0.0447. The molecular weight excluding hydrogens is 292 g/mol. The molecule has 2 heterocycles. The fourth-order valence-corrected chi connectivity index (χ4v) is 2.58. The average molecular weight is 308 g/mol. The number of nitrogens with zero attached hydrogens (tertiary/aromatic N) is 4. The summed E-state index contributed by atoms with van der Waals surface area (Å²) in [6.45, 7) is 1.21. The molecule has 6 heteroatoms. The van der Waals surface area contributed by atoms with Crippen LogP contribution in [-0.2, 0) is 0 Å². The molecule has 1 aromatic carbocycles. The highest BCUT2D eigenvalue weighted by atomic mass is 16.5. The van der Waals surface area contributed by atoms with Crippen LogP contribution in [0.1, 0.15) is 28.8 Å².